The molecule has 158 valence electrons. The van der Waals surface area contributed by atoms with Gasteiger partial charge in [0.05, 0.1) is 10.2 Å². The first-order valence-electron chi connectivity index (χ1n) is 8.83. The van der Waals surface area contributed by atoms with Gasteiger partial charge in [-0.2, -0.15) is 13.2 Å². The van der Waals surface area contributed by atoms with Crippen LogP contribution in [-0.4, -0.2) is 28.1 Å². The highest BCUT2D eigenvalue weighted by molar-refractivity contribution is 7.22. The summed E-state index contributed by atoms with van der Waals surface area (Å²) in [5.41, 5.74) is 3.16. The van der Waals surface area contributed by atoms with Crippen LogP contribution in [0.1, 0.15) is 18.4 Å². The number of fused-ring (bicyclic) bond motifs is 1. The van der Waals surface area contributed by atoms with Gasteiger partial charge >= 0.3 is 12.1 Å². The number of hydrogen-bond donors (Lipinski definition) is 2. The number of alkyl halides is 3. The highest BCUT2D eigenvalue weighted by Gasteiger charge is 2.38. The molecule has 5 nitrogen and oxygen atoms in total. The molecule has 4 rings (SSSR count). The minimum absolute atomic E-state index is 0.0502. The fourth-order valence-electron chi connectivity index (χ4n) is 2.68. The molecule has 0 atom stereocenters. The summed E-state index contributed by atoms with van der Waals surface area (Å²) in [5.74, 6) is -2.78. The third kappa shape index (κ3) is 5.12. The fraction of sp³-hybridized carbons (Fsp3) is 0.250. The van der Waals surface area contributed by atoms with Crippen molar-refractivity contribution in [2.75, 3.05) is 5.32 Å². The molecule has 0 radical (unpaired) electrons. The summed E-state index contributed by atoms with van der Waals surface area (Å²) in [7, 11) is 0. The van der Waals surface area contributed by atoms with E-state index in [1.165, 1.54) is 17.4 Å². The van der Waals surface area contributed by atoms with Gasteiger partial charge in [0.1, 0.15) is 5.82 Å². The van der Waals surface area contributed by atoms with Crippen LogP contribution in [0.4, 0.5) is 22.7 Å². The minimum atomic E-state index is -5.08. The van der Waals surface area contributed by atoms with Crippen molar-refractivity contribution in [2.24, 2.45) is 5.92 Å². The van der Waals surface area contributed by atoms with E-state index in [-0.39, 0.29) is 17.6 Å². The molecule has 0 saturated heterocycles. The number of anilines is 1. The van der Waals surface area contributed by atoms with E-state index in [1.807, 2.05) is 31.2 Å². The number of hydrogen-bond acceptors (Lipinski definition) is 4. The topological polar surface area (TPSA) is 79.3 Å². The van der Waals surface area contributed by atoms with E-state index >= 15 is 0 Å². The van der Waals surface area contributed by atoms with Crippen molar-refractivity contribution >= 4 is 38.6 Å². The molecular weight excluding hydrogens is 424 g/mol. The van der Waals surface area contributed by atoms with Crippen molar-refractivity contribution in [2.45, 2.75) is 25.9 Å². The van der Waals surface area contributed by atoms with E-state index in [2.05, 4.69) is 10.3 Å². The summed E-state index contributed by atoms with van der Waals surface area (Å²) < 4.78 is 46.8. The normalized spacial score (nSPS) is 13.5. The third-order valence-corrected chi connectivity index (χ3v) is 5.25. The Balaban J connectivity index is 0.000000318. The molecule has 1 aromatic heterocycles. The van der Waals surface area contributed by atoms with Gasteiger partial charge in [-0.3, -0.25) is 4.79 Å². The Morgan fingerprint density at radius 1 is 1.20 bits per heavy atom. The number of benzene rings is 2. The Hall–Kier alpha value is -3.01. The number of carbonyl (C=O) groups excluding carboxylic acids is 1. The molecule has 1 amide bonds. The van der Waals surface area contributed by atoms with Gasteiger partial charge in [0.2, 0.25) is 5.91 Å². The molecule has 10 heteroatoms. The molecule has 0 spiro atoms. The van der Waals surface area contributed by atoms with Gasteiger partial charge in [-0.05, 0) is 49.1 Å². The number of carbonyl (C=O) groups is 2. The van der Waals surface area contributed by atoms with Crippen LogP contribution in [-0.2, 0) is 9.59 Å². The predicted octanol–water partition coefficient (Wildman–Crippen LogP) is 5.39. The summed E-state index contributed by atoms with van der Waals surface area (Å²) in [6, 6.07) is 10.8. The lowest BCUT2D eigenvalue weighted by molar-refractivity contribution is -0.192. The smallest absolute Gasteiger partial charge is 0.475 e. The van der Waals surface area contributed by atoms with Gasteiger partial charge in [-0.25, -0.2) is 14.2 Å². The maximum atomic E-state index is 14.1. The summed E-state index contributed by atoms with van der Waals surface area (Å²) in [4.78, 5) is 25.2. The molecular formula is C20H16F4N2O3S. The molecule has 1 aliphatic carbocycles. The van der Waals surface area contributed by atoms with Crippen LogP contribution in [0, 0.1) is 18.7 Å². The number of nitrogens with zero attached hydrogens (tertiary/aromatic N) is 1. The zero-order valence-corrected chi connectivity index (χ0v) is 16.4. The molecule has 0 bridgehead atoms. The van der Waals surface area contributed by atoms with E-state index in [0.29, 0.717) is 10.7 Å². The molecule has 1 fully saturated rings. The average Bonchev–Trinajstić information content (AvgIpc) is 3.42. The molecule has 1 heterocycles. The van der Waals surface area contributed by atoms with E-state index in [4.69, 9.17) is 9.90 Å². The lowest BCUT2D eigenvalue weighted by Gasteiger charge is -2.07. The molecule has 3 aromatic rings. The van der Waals surface area contributed by atoms with E-state index in [1.54, 1.807) is 6.07 Å². The largest absolute Gasteiger partial charge is 0.490 e. The average molecular weight is 440 g/mol. The number of aliphatic carboxylic acids is 1. The van der Waals surface area contributed by atoms with E-state index in [0.717, 1.165) is 34.2 Å². The Morgan fingerprint density at radius 3 is 2.43 bits per heavy atom. The van der Waals surface area contributed by atoms with E-state index in [9.17, 15) is 22.4 Å². The number of aromatic nitrogens is 1. The van der Waals surface area contributed by atoms with Crippen LogP contribution in [0.3, 0.4) is 0 Å². The Bertz CT molecular complexity index is 1090. The lowest BCUT2D eigenvalue weighted by Crippen LogP contribution is -2.21. The van der Waals surface area contributed by atoms with Crippen molar-refractivity contribution in [1.29, 1.82) is 0 Å². The van der Waals surface area contributed by atoms with Gasteiger partial charge in [-0.15, -0.1) is 0 Å². The van der Waals surface area contributed by atoms with Crippen LogP contribution in [0.25, 0.3) is 21.3 Å². The standard InChI is InChI=1S/C18H15FN2OS.C2HF3O2/c1-10-3-2-4-13(19)16(10)12-7-8-14-15(9-12)23-18(20-14)21-17(22)11-5-6-11;3-2(4,5)1(6)7/h2-4,7-9,11H,5-6H2,1H3,(H,20,21,22);(H,6,7). The van der Waals surface area contributed by atoms with Gasteiger partial charge in [0.25, 0.3) is 0 Å². The van der Waals surface area contributed by atoms with Crippen molar-refractivity contribution in [3.05, 3.63) is 47.8 Å². The number of rotatable bonds is 3. The SMILES string of the molecule is Cc1cccc(F)c1-c1ccc2nc(NC(=O)C3CC3)sc2c1.O=C(O)C(F)(F)F. The second-order valence-electron chi connectivity index (χ2n) is 6.70. The maximum absolute atomic E-state index is 14.1. The van der Waals surface area contributed by atoms with Crippen molar-refractivity contribution < 1.29 is 32.3 Å². The highest BCUT2D eigenvalue weighted by atomic mass is 32.1. The lowest BCUT2D eigenvalue weighted by atomic mass is 10.00. The van der Waals surface area contributed by atoms with Crippen molar-refractivity contribution in [1.82, 2.24) is 4.98 Å². The summed E-state index contributed by atoms with van der Waals surface area (Å²) in [6.07, 6.45) is -3.15. The quantitative estimate of drug-likeness (QED) is 0.535. The number of amides is 1. The Morgan fingerprint density at radius 2 is 1.87 bits per heavy atom. The first-order valence-corrected chi connectivity index (χ1v) is 9.65. The molecule has 30 heavy (non-hydrogen) atoms. The van der Waals surface area contributed by atoms with Crippen LogP contribution in [0.5, 0.6) is 0 Å². The molecule has 1 saturated carbocycles. The monoisotopic (exact) mass is 440 g/mol. The number of halogens is 4. The third-order valence-electron chi connectivity index (χ3n) is 4.32. The maximum Gasteiger partial charge on any atom is 0.490 e. The molecule has 0 aliphatic heterocycles. The Kier molecular flexibility index (Phi) is 6.06. The molecule has 1 aliphatic rings. The fourth-order valence-corrected chi connectivity index (χ4v) is 3.59. The predicted molar refractivity (Wildman–Crippen MR) is 105 cm³/mol. The van der Waals surface area contributed by atoms with Gasteiger partial charge in [0, 0.05) is 11.5 Å². The van der Waals surface area contributed by atoms with Gasteiger partial charge in [0.15, 0.2) is 5.13 Å². The van der Waals surface area contributed by atoms with Crippen LogP contribution >= 0.6 is 11.3 Å². The van der Waals surface area contributed by atoms with Gasteiger partial charge < -0.3 is 10.4 Å². The number of carboxylic acids is 1. The van der Waals surface area contributed by atoms with Crippen molar-refractivity contribution in [3.63, 3.8) is 0 Å². The number of thiazole rings is 1. The summed E-state index contributed by atoms with van der Waals surface area (Å²) in [5, 5.41) is 10.6. The number of nitrogens with one attached hydrogen (secondary N) is 1. The molecule has 2 N–H and O–H groups in total. The number of aryl methyl sites for hydroxylation is 1. The minimum Gasteiger partial charge on any atom is -0.475 e. The Labute approximate surface area is 172 Å². The molecule has 2 aromatic carbocycles. The van der Waals surface area contributed by atoms with Crippen molar-refractivity contribution in [3.8, 4) is 11.1 Å². The van der Waals surface area contributed by atoms with E-state index < -0.39 is 12.1 Å². The highest BCUT2D eigenvalue weighted by Crippen LogP contribution is 2.35. The second-order valence-corrected chi connectivity index (χ2v) is 7.73. The zero-order valence-electron chi connectivity index (χ0n) is 15.6. The van der Waals surface area contributed by atoms with Crippen LogP contribution in [0.2, 0.25) is 0 Å². The second kappa shape index (κ2) is 8.39. The van der Waals surface area contributed by atoms with Crippen LogP contribution < -0.4 is 5.32 Å². The zero-order chi connectivity index (χ0) is 22.1. The van der Waals surface area contributed by atoms with Gasteiger partial charge in [-0.1, -0.05) is 29.5 Å². The first kappa shape index (κ1) is 21.7. The van der Waals surface area contributed by atoms with Crippen LogP contribution in [0.15, 0.2) is 36.4 Å². The first-order chi connectivity index (χ1) is 14.1. The summed E-state index contributed by atoms with van der Waals surface area (Å²) in [6.45, 7) is 1.90. The molecule has 0 unspecified atom stereocenters. The number of carboxylic acid groups (broad SMARTS) is 1. The summed E-state index contributed by atoms with van der Waals surface area (Å²) >= 11 is 1.43.